The van der Waals surface area contributed by atoms with Crippen LogP contribution in [0.4, 0.5) is 5.69 Å². The van der Waals surface area contributed by atoms with Crippen molar-refractivity contribution in [3.63, 3.8) is 0 Å². The quantitative estimate of drug-likeness (QED) is 0.290. The van der Waals surface area contributed by atoms with Gasteiger partial charge in [0.1, 0.15) is 0 Å². The Bertz CT molecular complexity index is 559. The summed E-state index contributed by atoms with van der Waals surface area (Å²) in [5.41, 5.74) is 1.64. The molecule has 0 aliphatic heterocycles. The average molecular weight is 476 g/mol. The SMILES string of the molecule is CCCC(=O)Nc1ccc(CN=C(NCC)NCC(C)(C)OC)cc1.I. The molecule has 1 aromatic carbocycles. The van der Waals surface area contributed by atoms with Crippen molar-refractivity contribution in [2.45, 2.75) is 52.7 Å². The monoisotopic (exact) mass is 476 g/mol. The molecule has 0 radical (unpaired) electrons. The van der Waals surface area contributed by atoms with Gasteiger partial charge in [-0.3, -0.25) is 4.79 Å². The van der Waals surface area contributed by atoms with Crippen LogP contribution in [-0.2, 0) is 16.1 Å². The topological polar surface area (TPSA) is 74.8 Å². The molecule has 0 aliphatic rings. The molecule has 1 rings (SSSR count). The zero-order chi connectivity index (χ0) is 18.7. The van der Waals surface area contributed by atoms with E-state index in [9.17, 15) is 4.79 Å². The van der Waals surface area contributed by atoms with Crippen molar-refractivity contribution in [1.82, 2.24) is 10.6 Å². The fourth-order valence-corrected chi connectivity index (χ4v) is 2.02. The minimum absolute atomic E-state index is 0. The minimum atomic E-state index is -0.255. The van der Waals surface area contributed by atoms with Gasteiger partial charge in [-0.1, -0.05) is 19.1 Å². The molecular formula is C19H33IN4O2. The van der Waals surface area contributed by atoms with E-state index < -0.39 is 0 Å². The summed E-state index contributed by atoms with van der Waals surface area (Å²) in [4.78, 5) is 16.2. The number of aliphatic imine (C=N–C) groups is 1. The number of anilines is 1. The van der Waals surface area contributed by atoms with Crippen molar-refractivity contribution < 1.29 is 9.53 Å². The van der Waals surface area contributed by atoms with E-state index in [1.807, 2.05) is 52.0 Å². The van der Waals surface area contributed by atoms with Crippen LogP contribution in [0, 0.1) is 0 Å². The van der Waals surface area contributed by atoms with E-state index in [0.717, 1.165) is 30.2 Å². The second kappa shape index (κ2) is 12.9. The van der Waals surface area contributed by atoms with Crippen molar-refractivity contribution in [3.8, 4) is 0 Å². The molecule has 0 saturated heterocycles. The Morgan fingerprint density at radius 2 is 1.81 bits per heavy atom. The van der Waals surface area contributed by atoms with E-state index >= 15 is 0 Å². The van der Waals surface area contributed by atoms with E-state index in [1.165, 1.54) is 0 Å². The molecule has 1 amide bonds. The summed E-state index contributed by atoms with van der Waals surface area (Å²) in [5, 5.41) is 9.40. The van der Waals surface area contributed by atoms with Gasteiger partial charge in [-0.05, 0) is 44.9 Å². The summed E-state index contributed by atoms with van der Waals surface area (Å²) >= 11 is 0. The number of carbonyl (C=O) groups is 1. The third-order valence-electron chi connectivity index (χ3n) is 3.71. The number of carbonyl (C=O) groups excluding carboxylic acids is 1. The molecule has 0 spiro atoms. The van der Waals surface area contributed by atoms with Crippen molar-refractivity contribution >= 4 is 41.5 Å². The van der Waals surface area contributed by atoms with Gasteiger partial charge in [-0.2, -0.15) is 0 Å². The highest BCUT2D eigenvalue weighted by molar-refractivity contribution is 14.0. The van der Waals surface area contributed by atoms with Crippen molar-refractivity contribution in [2.24, 2.45) is 4.99 Å². The van der Waals surface area contributed by atoms with E-state index in [4.69, 9.17) is 4.74 Å². The van der Waals surface area contributed by atoms with Gasteiger partial charge in [-0.25, -0.2) is 4.99 Å². The van der Waals surface area contributed by atoms with Gasteiger partial charge in [0.15, 0.2) is 5.96 Å². The van der Waals surface area contributed by atoms with Gasteiger partial charge in [0.2, 0.25) is 5.91 Å². The Kier molecular flexibility index (Phi) is 12.2. The van der Waals surface area contributed by atoms with Crippen LogP contribution in [0.1, 0.15) is 46.1 Å². The molecule has 3 N–H and O–H groups in total. The predicted molar refractivity (Wildman–Crippen MR) is 119 cm³/mol. The van der Waals surface area contributed by atoms with Gasteiger partial charge < -0.3 is 20.7 Å². The zero-order valence-corrected chi connectivity index (χ0v) is 18.8. The number of halogens is 1. The van der Waals surface area contributed by atoms with Gasteiger partial charge >= 0.3 is 0 Å². The molecule has 0 fully saturated rings. The van der Waals surface area contributed by atoms with Crippen molar-refractivity contribution in [3.05, 3.63) is 29.8 Å². The average Bonchev–Trinajstić information content (AvgIpc) is 2.59. The highest BCUT2D eigenvalue weighted by Crippen LogP contribution is 2.11. The number of rotatable bonds is 9. The normalized spacial score (nSPS) is 11.5. The first-order valence-electron chi connectivity index (χ1n) is 8.86. The van der Waals surface area contributed by atoms with E-state index in [2.05, 4.69) is 20.9 Å². The maximum Gasteiger partial charge on any atom is 0.224 e. The van der Waals surface area contributed by atoms with Crippen LogP contribution < -0.4 is 16.0 Å². The molecule has 26 heavy (non-hydrogen) atoms. The number of hydrogen-bond donors (Lipinski definition) is 3. The largest absolute Gasteiger partial charge is 0.377 e. The van der Waals surface area contributed by atoms with E-state index in [1.54, 1.807) is 7.11 Å². The molecular weight excluding hydrogens is 443 g/mol. The third-order valence-corrected chi connectivity index (χ3v) is 3.71. The lowest BCUT2D eigenvalue weighted by Crippen LogP contribution is -2.45. The van der Waals surface area contributed by atoms with Gasteiger partial charge in [0.25, 0.3) is 0 Å². The Labute approximate surface area is 174 Å². The van der Waals surface area contributed by atoms with E-state index in [0.29, 0.717) is 19.5 Å². The number of amides is 1. The number of benzene rings is 1. The van der Waals surface area contributed by atoms with Gasteiger partial charge in [0.05, 0.1) is 12.1 Å². The number of nitrogens with zero attached hydrogens (tertiary/aromatic N) is 1. The highest BCUT2D eigenvalue weighted by Gasteiger charge is 2.16. The van der Waals surface area contributed by atoms with Crippen LogP contribution in [0.5, 0.6) is 0 Å². The fourth-order valence-electron chi connectivity index (χ4n) is 2.02. The van der Waals surface area contributed by atoms with Gasteiger partial charge in [0, 0.05) is 32.3 Å². The molecule has 0 atom stereocenters. The first kappa shape index (κ1) is 24.7. The smallest absolute Gasteiger partial charge is 0.224 e. The second-order valence-electron chi connectivity index (χ2n) is 6.51. The fraction of sp³-hybridized carbons (Fsp3) is 0.579. The predicted octanol–water partition coefficient (Wildman–Crippen LogP) is 3.52. The Hall–Kier alpha value is -1.35. The lowest BCUT2D eigenvalue weighted by Gasteiger charge is -2.24. The zero-order valence-electron chi connectivity index (χ0n) is 16.5. The van der Waals surface area contributed by atoms with Crippen molar-refractivity contribution in [1.29, 1.82) is 0 Å². The number of methoxy groups -OCH3 is 1. The number of nitrogens with one attached hydrogen (secondary N) is 3. The molecule has 0 saturated carbocycles. The van der Waals surface area contributed by atoms with Gasteiger partial charge in [-0.15, -0.1) is 24.0 Å². The summed E-state index contributed by atoms with van der Waals surface area (Å²) in [6.45, 7) is 10.1. The molecule has 148 valence electrons. The minimum Gasteiger partial charge on any atom is -0.377 e. The summed E-state index contributed by atoms with van der Waals surface area (Å²) in [6.07, 6.45) is 1.39. The maximum atomic E-state index is 11.6. The lowest BCUT2D eigenvalue weighted by molar-refractivity contribution is -0.116. The van der Waals surface area contributed by atoms with Crippen LogP contribution in [0.25, 0.3) is 0 Å². The molecule has 6 nitrogen and oxygen atoms in total. The second-order valence-corrected chi connectivity index (χ2v) is 6.51. The van der Waals surface area contributed by atoms with Crippen molar-refractivity contribution in [2.75, 3.05) is 25.5 Å². The van der Waals surface area contributed by atoms with Crippen LogP contribution in [0.15, 0.2) is 29.3 Å². The lowest BCUT2D eigenvalue weighted by atomic mass is 10.1. The number of guanidine groups is 1. The van der Waals surface area contributed by atoms with Crippen LogP contribution >= 0.6 is 24.0 Å². The number of ether oxygens (including phenoxy) is 1. The number of hydrogen-bond acceptors (Lipinski definition) is 3. The molecule has 0 aliphatic carbocycles. The van der Waals surface area contributed by atoms with Crippen LogP contribution in [0.3, 0.4) is 0 Å². The summed E-state index contributed by atoms with van der Waals surface area (Å²) in [7, 11) is 1.70. The molecule has 0 aromatic heterocycles. The first-order valence-corrected chi connectivity index (χ1v) is 8.86. The Morgan fingerprint density at radius 1 is 1.15 bits per heavy atom. The molecule has 1 aromatic rings. The Balaban J connectivity index is 0.00000625. The van der Waals surface area contributed by atoms with E-state index in [-0.39, 0.29) is 35.5 Å². The molecule has 7 heteroatoms. The first-order chi connectivity index (χ1) is 11.9. The molecule has 0 bridgehead atoms. The van der Waals surface area contributed by atoms with Crippen LogP contribution in [0.2, 0.25) is 0 Å². The molecule has 0 heterocycles. The Morgan fingerprint density at radius 3 is 2.35 bits per heavy atom. The van der Waals surface area contributed by atoms with Crippen LogP contribution in [-0.4, -0.2) is 37.7 Å². The molecule has 0 unspecified atom stereocenters. The highest BCUT2D eigenvalue weighted by atomic mass is 127. The maximum absolute atomic E-state index is 11.6. The summed E-state index contributed by atoms with van der Waals surface area (Å²) < 4.78 is 5.41. The standard InChI is InChI=1S/C19H32N4O2.HI/c1-6-8-17(24)23-16-11-9-15(10-12-16)13-21-18(20-7-2)22-14-19(3,4)25-5;/h9-12H,6-8,13-14H2,1-5H3,(H,23,24)(H2,20,21,22);1H. The third kappa shape index (κ3) is 9.96. The summed E-state index contributed by atoms with van der Waals surface area (Å²) in [5.74, 6) is 0.806. The summed E-state index contributed by atoms with van der Waals surface area (Å²) in [6, 6.07) is 7.78.